The molecule has 0 aromatic rings. The topological polar surface area (TPSA) is 498 Å². The third-order valence-electron chi connectivity index (χ3n) is 22.3. The van der Waals surface area contributed by atoms with Gasteiger partial charge >= 0.3 is 10.4 Å². The molecule has 6 aliphatic heterocycles. The molecule has 9 fully saturated rings. The lowest BCUT2D eigenvalue weighted by atomic mass is 9.47. The Morgan fingerprint density at radius 2 is 1.07 bits per heavy atom. The number of hydrogen-bond donors (Lipinski definition) is 17. The summed E-state index contributed by atoms with van der Waals surface area (Å²) in [5.41, 5.74) is -1.17. The zero-order valence-electron chi connectivity index (χ0n) is 54.0. The van der Waals surface area contributed by atoms with Gasteiger partial charge in [-0.3, -0.25) is 4.55 Å². The summed E-state index contributed by atoms with van der Waals surface area (Å²) in [4.78, 5) is 0. The van der Waals surface area contributed by atoms with Crippen molar-refractivity contribution in [3.05, 3.63) is 11.6 Å². The van der Waals surface area contributed by atoms with Gasteiger partial charge in [0.2, 0.25) is 0 Å². The average molecular weight is 1380 g/mol. The molecule has 0 unspecified atom stereocenters. The maximum Gasteiger partial charge on any atom is 0.397 e. The van der Waals surface area contributed by atoms with Crippen LogP contribution in [0.15, 0.2) is 11.6 Å². The second kappa shape index (κ2) is 29.5. The van der Waals surface area contributed by atoms with E-state index >= 15 is 0 Å². The zero-order valence-corrected chi connectivity index (χ0v) is 54.8. The van der Waals surface area contributed by atoms with Crippen LogP contribution in [0.3, 0.4) is 0 Å². The van der Waals surface area contributed by atoms with E-state index in [0.29, 0.717) is 32.1 Å². The quantitative estimate of drug-likeness (QED) is 0.0381. The van der Waals surface area contributed by atoms with Crippen molar-refractivity contribution in [2.45, 2.75) is 309 Å². The van der Waals surface area contributed by atoms with Crippen LogP contribution in [0.5, 0.6) is 0 Å². The highest BCUT2D eigenvalue weighted by Crippen LogP contribution is 2.68. The van der Waals surface area contributed by atoms with Crippen LogP contribution in [0.4, 0.5) is 0 Å². The first kappa shape index (κ1) is 75.2. The van der Waals surface area contributed by atoms with Gasteiger partial charge in [0, 0.05) is 6.42 Å². The molecule has 17 N–H and O–H groups in total. The summed E-state index contributed by atoms with van der Waals surface area (Å²) in [6.07, 6.45) is -45.2. The summed E-state index contributed by atoms with van der Waals surface area (Å²) in [5.74, 6) is -0.658. The van der Waals surface area contributed by atoms with Gasteiger partial charge in [0.15, 0.2) is 37.7 Å². The predicted molar refractivity (Wildman–Crippen MR) is 313 cm³/mol. The van der Waals surface area contributed by atoms with E-state index in [-0.39, 0.29) is 42.9 Å². The Balaban J connectivity index is 0.903. The lowest BCUT2D eigenvalue weighted by molar-refractivity contribution is -0.400. The number of hydrogen-bond acceptors (Lipinski definition) is 31. The molecule has 94 heavy (non-hydrogen) atoms. The fourth-order valence-corrected chi connectivity index (χ4v) is 17.8. The van der Waals surface area contributed by atoms with E-state index in [0.717, 1.165) is 12.0 Å². The van der Waals surface area contributed by atoms with E-state index in [1.54, 1.807) is 6.92 Å². The Morgan fingerprint density at radius 3 is 1.66 bits per heavy atom. The summed E-state index contributed by atoms with van der Waals surface area (Å²) in [7, 11) is -4.90. The molecule has 4 aliphatic carbocycles. The molecule has 6 saturated heterocycles. The molecule has 10 aliphatic rings. The highest BCUT2D eigenvalue weighted by atomic mass is 32.3. The van der Waals surface area contributed by atoms with Crippen molar-refractivity contribution >= 4 is 10.4 Å². The van der Waals surface area contributed by atoms with Gasteiger partial charge in [-0.05, 0) is 119 Å². The molecule has 544 valence electrons. The van der Waals surface area contributed by atoms with Gasteiger partial charge in [-0.25, -0.2) is 4.18 Å². The maximum absolute atomic E-state index is 12.5. The second-order valence-corrected chi connectivity index (χ2v) is 30.2. The first-order valence-electron chi connectivity index (χ1n) is 33.0. The van der Waals surface area contributed by atoms with Crippen molar-refractivity contribution < 1.29 is 156 Å². The van der Waals surface area contributed by atoms with Gasteiger partial charge in [0.1, 0.15) is 116 Å². The molecule has 32 nitrogen and oxygen atoms in total. The second-order valence-electron chi connectivity index (χ2n) is 29.2. The van der Waals surface area contributed by atoms with Crippen LogP contribution in [0.1, 0.15) is 113 Å². The molecule has 6 heterocycles. The van der Waals surface area contributed by atoms with Crippen LogP contribution in [0, 0.1) is 40.4 Å². The number of allylic oxidation sites excluding steroid dienone is 2. The molecule has 38 atom stereocenters. The van der Waals surface area contributed by atoms with E-state index < -0.39 is 243 Å². The largest absolute Gasteiger partial charge is 0.397 e. The molecule has 0 aromatic heterocycles. The normalized spacial score (nSPS) is 51.9. The molecule has 3 saturated carbocycles. The van der Waals surface area contributed by atoms with E-state index in [9.17, 15) is 94.7 Å². The van der Waals surface area contributed by atoms with Crippen LogP contribution in [0.25, 0.3) is 0 Å². The molecule has 0 bridgehead atoms. The maximum atomic E-state index is 12.5. The van der Waals surface area contributed by atoms with Crippen LogP contribution in [-0.4, -0.2) is 310 Å². The van der Waals surface area contributed by atoms with Crippen molar-refractivity contribution in [1.29, 1.82) is 0 Å². The smallest absolute Gasteiger partial charge is 0.394 e. The molecule has 33 heteroatoms. The highest BCUT2D eigenvalue weighted by molar-refractivity contribution is 7.80. The van der Waals surface area contributed by atoms with E-state index in [1.165, 1.54) is 20.8 Å². The monoisotopic (exact) mass is 1380 g/mol. The fourth-order valence-electron chi connectivity index (χ4n) is 17.2. The van der Waals surface area contributed by atoms with Crippen molar-refractivity contribution in [3.8, 4) is 0 Å². The van der Waals surface area contributed by atoms with Gasteiger partial charge in [0.25, 0.3) is 0 Å². The Bertz CT molecular complexity index is 2650. The lowest BCUT2D eigenvalue weighted by Crippen LogP contribution is -2.67. The van der Waals surface area contributed by atoms with Crippen molar-refractivity contribution in [3.63, 3.8) is 0 Å². The Kier molecular flexibility index (Phi) is 23.5. The minimum Gasteiger partial charge on any atom is -0.394 e. The molecule has 0 amide bonds. The Morgan fingerprint density at radius 1 is 0.574 bits per heavy atom. The molecular formula is C61H102O32S. The Labute approximate surface area is 545 Å². The molecule has 0 aromatic carbocycles. The summed E-state index contributed by atoms with van der Waals surface area (Å²) >= 11 is 0. The van der Waals surface area contributed by atoms with Crippen LogP contribution < -0.4 is 0 Å². The number of aliphatic hydroxyl groups excluding tert-OH is 15. The van der Waals surface area contributed by atoms with Gasteiger partial charge in [-0.1, -0.05) is 39.3 Å². The number of ether oxygens (including phenoxy) is 12. The lowest BCUT2D eigenvalue weighted by Gasteiger charge is -2.60. The highest BCUT2D eigenvalue weighted by Gasteiger charge is 2.64. The third kappa shape index (κ3) is 14.9. The van der Waals surface area contributed by atoms with Crippen molar-refractivity contribution in [2.24, 2.45) is 40.4 Å². The summed E-state index contributed by atoms with van der Waals surface area (Å²) in [6.45, 7) is 11.9. The van der Waals surface area contributed by atoms with Crippen LogP contribution in [0.2, 0.25) is 0 Å². The number of aliphatic hydroxyl groups is 16. The SMILES string of the molecule is CC(C)C[C@H](O)C[C@](C)(O)[C@H]1CC[C@H]2[C@@H]3C[C@H](O[C@@H]4O[C@H](C)[C@@H](O)[C@H](O[C@@H]5OC[C@@H](O[C@@H]6O[C@H](CO)[C@H](O)[C@H](O)[C@H]6O[C@@H]6O[C@H](C)[C@@H](O)[C@H](O[C@@H]7O[C@@H](CO)[C@@H](O)[C@H]7O)[C@H]6O)[C@H](O)[C@H]5O[C@@H]5O[C@H](C)[C@@H](O)[C@H](O)[C@H]5O)[C@H]4O)[C@H]4C[C@@H](OS(=O)(=O)O)CC[C@]4(C)C3=CC[C@@]21C. The van der Waals surface area contributed by atoms with Crippen molar-refractivity contribution in [1.82, 2.24) is 0 Å². The predicted octanol–water partition coefficient (Wildman–Crippen LogP) is -4.42. The van der Waals surface area contributed by atoms with E-state index in [2.05, 4.69) is 19.9 Å². The average Bonchev–Trinajstić information content (AvgIpc) is 1.34. The molecule has 0 spiro atoms. The van der Waals surface area contributed by atoms with Gasteiger partial charge in [-0.15, -0.1) is 0 Å². The summed E-state index contributed by atoms with van der Waals surface area (Å²) in [5, 5.41) is 179. The zero-order chi connectivity index (χ0) is 68.7. The minimum absolute atomic E-state index is 0.00388. The first-order chi connectivity index (χ1) is 44.0. The molecule has 10 rings (SSSR count). The Hall–Kier alpha value is -1.51. The molecule has 0 radical (unpaired) electrons. The van der Waals surface area contributed by atoms with Gasteiger partial charge in [-0.2, -0.15) is 8.42 Å². The van der Waals surface area contributed by atoms with Gasteiger partial charge < -0.3 is 139 Å². The number of fused-ring (bicyclic) bond motifs is 5. The molecular weight excluding hydrogens is 1280 g/mol. The van der Waals surface area contributed by atoms with E-state index in [4.69, 9.17) is 61.0 Å². The van der Waals surface area contributed by atoms with Crippen LogP contribution >= 0.6 is 0 Å². The number of rotatable bonds is 21. The summed E-state index contributed by atoms with van der Waals surface area (Å²) in [6, 6.07) is 0. The van der Waals surface area contributed by atoms with Gasteiger partial charge in [0.05, 0.1) is 62.0 Å². The van der Waals surface area contributed by atoms with Crippen LogP contribution in [-0.2, 0) is 71.4 Å². The summed E-state index contributed by atoms with van der Waals surface area (Å²) < 4.78 is 112. The van der Waals surface area contributed by atoms with E-state index in [1.807, 2.05) is 13.8 Å². The fraction of sp³-hybridized carbons (Fsp3) is 0.967. The standard InChI is InChI=1S/C61H102O32S/c1-22(2)15-26(64)18-61(8,77)36-10-9-29-28-17-32(31-16-27(93-94(78,79)80)11-13-59(31,6)30(28)12-14-60(29,36)7)85-55-47(75)50(39(67)24(4)83-55)90-57-51(91-53-46(74)43(71)37(65)23(3)82-53)42(70)35(21-81-57)88-58-52(44(72)40(68)33(19-62)87-58)92-56-48(76)49(38(66)25(5)84-56)89-54-45(73)41(69)34(20-63)86-54/h12,22-29,31-58,62-77H,9-11,13-21H2,1-8H3,(H,78,79,80)/t23-,24-,25-,26+,27+,28+,29+,31-,32+,33-,34+,35-,36+,37-,38-,39-,40+,41-,42+,43+,44+,45-,46-,47-,48-,49+,50+,51-,52-,53+,54+,55+,56+,57+,58+,59-,60+,61+/m1/s1. The minimum atomic E-state index is -4.90. The third-order valence-corrected chi connectivity index (χ3v) is 22.8. The first-order valence-corrected chi connectivity index (χ1v) is 34.4. The van der Waals surface area contributed by atoms with Crippen molar-refractivity contribution in [2.75, 3.05) is 19.8 Å².